The molecule has 1 heterocycles. The SMILES string of the molecule is COc1cc(-c2cncc(Br)n2)ccc1OCc1ccccc1. The van der Waals surface area contributed by atoms with Crippen LogP contribution in [0.3, 0.4) is 0 Å². The van der Waals surface area contributed by atoms with Crippen molar-refractivity contribution in [3.8, 4) is 22.8 Å². The molecule has 3 aromatic rings. The minimum absolute atomic E-state index is 0.493. The Morgan fingerprint density at radius 3 is 2.57 bits per heavy atom. The first-order valence-corrected chi connectivity index (χ1v) is 7.88. The zero-order valence-corrected chi connectivity index (χ0v) is 14.2. The van der Waals surface area contributed by atoms with Gasteiger partial charge in [-0.15, -0.1) is 0 Å². The fourth-order valence-corrected chi connectivity index (χ4v) is 2.47. The molecule has 4 nitrogen and oxygen atoms in total. The summed E-state index contributed by atoms with van der Waals surface area (Å²) >= 11 is 3.33. The highest BCUT2D eigenvalue weighted by Gasteiger charge is 2.09. The molecule has 116 valence electrons. The van der Waals surface area contributed by atoms with E-state index in [1.165, 1.54) is 0 Å². The van der Waals surface area contributed by atoms with E-state index in [1.54, 1.807) is 19.5 Å². The third-order valence-corrected chi connectivity index (χ3v) is 3.68. The van der Waals surface area contributed by atoms with Crippen molar-refractivity contribution < 1.29 is 9.47 Å². The Bertz CT molecular complexity index is 794. The van der Waals surface area contributed by atoms with Gasteiger partial charge >= 0.3 is 0 Å². The minimum Gasteiger partial charge on any atom is -0.493 e. The molecule has 0 spiro atoms. The summed E-state index contributed by atoms with van der Waals surface area (Å²) in [5.74, 6) is 1.36. The van der Waals surface area contributed by atoms with Gasteiger partial charge in [-0.05, 0) is 39.7 Å². The first-order valence-electron chi connectivity index (χ1n) is 7.09. The molecule has 0 fully saturated rings. The van der Waals surface area contributed by atoms with Crippen molar-refractivity contribution in [1.82, 2.24) is 9.97 Å². The van der Waals surface area contributed by atoms with Gasteiger partial charge < -0.3 is 9.47 Å². The van der Waals surface area contributed by atoms with Gasteiger partial charge in [-0.2, -0.15) is 0 Å². The van der Waals surface area contributed by atoms with Gasteiger partial charge in [-0.3, -0.25) is 4.98 Å². The molecular weight excluding hydrogens is 356 g/mol. The van der Waals surface area contributed by atoms with Gasteiger partial charge in [0.1, 0.15) is 11.2 Å². The van der Waals surface area contributed by atoms with Gasteiger partial charge in [0, 0.05) is 5.56 Å². The molecule has 23 heavy (non-hydrogen) atoms. The fourth-order valence-electron chi connectivity index (χ4n) is 2.16. The van der Waals surface area contributed by atoms with E-state index in [9.17, 15) is 0 Å². The molecule has 0 amide bonds. The predicted molar refractivity (Wildman–Crippen MR) is 92.5 cm³/mol. The van der Waals surface area contributed by atoms with Crippen LogP contribution in [-0.2, 0) is 6.61 Å². The number of nitrogens with zero attached hydrogens (tertiary/aromatic N) is 2. The topological polar surface area (TPSA) is 44.2 Å². The summed E-state index contributed by atoms with van der Waals surface area (Å²) in [6.45, 7) is 0.493. The second-order valence-electron chi connectivity index (χ2n) is 4.87. The van der Waals surface area contributed by atoms with E-state index >= 15 is 0 Å². The average Bonchev–Trinajstić information content (AvgIpc) is 2.60. The van der Waals surface area contributed by atoms with E-state index in [2.05, 4.69) is 25.9 Å². The fraction of sp³-hybridized carbons (Fsp3) is 0.111. The third-order valence-electron chi connectivity index (χ3n) is 3.30. The zero-order valence-electron chi connectivity index (χ0n) is 12.6. The smallest absolute Gasteiger partial charge is 0.161 e. The maximum atomic E-state index is 5.86. The third kappa shape index (κ3) is 3.87. The van der Waals surface area contributed by atoms with Crippen LogP contribution in [0.15, 0.2) is 65.5 Å². The van der Waals surface area contributed by atoms with Crippen LogP contribution in [0.4, 0.5) is 0 Å². The Balaban J connectivity index is 1.82. The van der Waals surface area contributed by atoms with Crippen molar-refractivity contribution in [3.63, 3.8) is 0 Å². The summed E-state index contributed by atoms with van der Waals surface area (Å²) in [5, 5.41) is 0. The number of hydrogen-bond acceptors (Lipinski definition) is 4. The number of hydrogen-bond donors (Lipinski definition) is 0. The standard InChI is InChI=1S/C18H15BrN2O2/c1-22-17-9-14(15-10-20-11-18(19)21-15)7-8-16(17)23-12-13-5-3-2-4-6-13/h2-11H,12H2,1H3. The molecule has 0 bridgehead atoms. The molecule has 3 rings (SSSR count). The molecule has 0 unspecified atom stereocenters. The van der Waals surface area contributed by atoms with Crippen molar-refractivity contribution in [2.45, 2.75) is 6.61 Å². The molecule has 5 heteroatoms. The Kier molecular flexibility index (Phi) is 4.88. The predicted octanol–water partition coefficient (Wildman–Crippen LogP) is 4.49. The van der Waals surface area contributed by atoms with E-state index < -0.39 is 0 Å². The van der Waals surface area contributed by atoms with E-state index in [1.807, 2.05) is 48.5 Å². The molecule has 1 aromatic heterocycles. The number of benzene rings is 2. The Morgan fingerprint density at radius 1 is 1.00 bits per heavy atom. The first-order chi connectivity index (χ1) is 11.3. The molecule has 0 saturated carbocycles. The van der Waals surface area contributed by atoms with Crippen molar-refractivity contribution in [3.05, 3.63) is 71.1 Å². The van der Waals surface area contributed by atoms with Crippen LogP contribution >= 0.6 is 15.9 Å². The lowest BCUT2D eigenvalue weighted by Gasteiger charge is -2.12. The molecule has 0 saturated heterocycles. The van der Waals surface area contributed by atoms with E-state index in [0.717, 1.165) is 16.8 Å². The number of halogens is 1. The van der Waals surface area contributed by atoms with E-state index in [4.69, 9.17) is 9.47 Å². The summed E-state index contributed by atoms with van der Waals surface area (Å²) < 4.78 is 12.0. The summed E-state index contributed by atoms with van der Waals surface area (Å²) in [6, 6.07) is 15.7. The van der Waals surface area contributed by atoms with Gasteiger partial charge in [-0.1, -0.05) is 30.3 Å². The van der Waals surface area contributed by atoms with Crippen LogP contribution in [0.25, 0.3) is 11.3 Å². The van der Waals surface area contributed by atoms with Gasteiger partial charge in [-0.25, -0.2) is 4.98 Å². The molecule has 0 N–H and O–H groups in total. The Hall–Kier alpha value is -2.40. The van der Waals surface area contributed by atoms with Crippen LogP contribution in [0, 0.1) is 0 Å². The van der Waals surface area contributed by atoms with Crippen molar-refractivity contribution in [2.75, 3.05) is 7.11 Å². The number of rotatable bonds is 5. The lowest BCUT2D eigenvalue weighted by Crippen LogP contribution is -1.98. The number of methoxy groups -OCH3 is 1. The maximum Gasteiger partial charge on any atom is 0.161 e. The Morgan fingerprint density at radius 2 is 1.83 bits per heavy atom. The highest BCUT2D eigenvalue weighted by atomic mass is 79.9. The highest BCUT2D eigenvalue weighted by molar-refractivity contribution is 9.10. The molecule has 0 radical (unpaired) electrons. The van der Waals surface area contributed by atoms with Gasteiger partial charge in [0.15, 0.2) is 11.5 Å². The van der Waals surface area contributed by atoms with Gasteiger partial charge in [0.2, 0.25) is 0 Å². The lowest BCUT2D eigenvalue weighted by atomic mass is 10.1. The zero-order chi connectivity index (χ0) is 16.1. The molecule has 0 atom stereocenters. The highest BCUT2D eigenvalue weighted by Crippen LogP contribution is 2.32. The van der Waals surface area contributed by atoms with Gasteiger partial charge in [0.05, 0.1) is 25.2 Å². The summed E-state index contributed by atoms with van der Waals surface area (Å²) in [6.07, 6.45) is 3.36. The largest absolute Gasteiger partial charge is 0.493 e. The molecular formula is C18H15BrN2O2. The summed E-state index contributed by atoms with van der Waals surface area (Å²) in [4.78, 5) is 8.53. The second kappa shape index (κ2) is 7.24. The molecule has 0 aliphatic rings. The minimum atomic E-state index is 0.493. The van der Waals surface area contributed by atoms with Crippen molar-refractivity contribution in [2.24, 2.45) is 0 Å². The van der Waals surface area contributed by atoms with Gasteiger partial charge in [0.25, 0.3) is 0 Å². The normalized spacial score (nSPS) is 10.3. The van der Waals surface area contributed by atoms with Crippen LogP contribution in [0.2, 0.25) is 0 Å². The summed E-state index contributed by atoms with van der Waals surface area (Å²) in [7, 11) is 1.63. The second-order valence-corrected chi connectivity index (χ2v) is 5.68. The average molecular weight is 371 g/mol. The van der Waals surface area contributed by atoms with E-state index in [-0.39, 0.29) is 0 Å². The number of aromatic nitrogens is 2. The van der Waals surface area contributed by atoms with Crippen LogP contribution in [0.5, 0.6) is 11.5 Å². The quantitative estimate of drug-likeness (QED) is 0.663. The molecule has 2 aromatic carbocycles. The Labute approximate surface area is 143 Å². The first kappa shape index (κ1) is 15.5. The van der Waals surface area contributed by atoms with Crippen LogP contribution in [0.1, 0.15) is 5.56 Å². The van der Waals surface area contributed by atoms with Crippen LogP contribution < -0.4 is 9.47 Å². The van der Waals surface area contributed by atoms with Crippen molar-refractivity contribution >= 4 is 15.9 Å². The maximum absolute atomic E-state index is 5.86. The number of ether oxygens (including phenoxy) is 2. The van der Waals surface area contributed by atoms with Crippen LogP contribution in [-0.4, -0.2) is 17.1 Å². The summed E-state index contributed by atoms with van der Waals surface area (Å²) in [5.41, 5.74) is 2.80. The lowest BCUT2D eigenvalue weighted by molar-refractivity contribution is 0.284. The van der Waals surface area contributed by atoms with E-state index in [0.29, 0.717) is 22.7 Å². The van der Waals surface area contributed by atoms with Crippen molar-refractivity contribution in [1.29, 1.82) is 0 Å². The monoisotopic (exact) mass is 370 g/mol. The molecule has 0 aliphatic heterocycles. The molecule has 0 aliphatic carbocycles.